The number of furan rings is 1. The normalized spacial score (nSPS) is 16.9. The maximum absolute atomic E-state index is 13.3. The van der Waals surface area contributed by atoms with Gasteiger partial charge in [-0.3, -0.25) is 19.5 Å². The third-order valence-corrected chi connectivity index (χ3v) is 4.30. The number of hydrogen-bond donors (Lipinski definition) is 1. The van der Waals surface area contributed by atoms with Crippen LogP contribution in [0.25, 0.3) is 0 Å². The molecule has 0 saturated heterocycles. The van der Waals surface area contributed by atoms with Gasteiger partial charge in [-0.05, 0) is 48.0 Å². The first kappa shape index (κ1) is 16.7. The molecule has 7 heteroatoms. The molecule has 6 nitrogen and oxygen atoms in total. The Labute approximate surface area is 153 Å². The smallest absolute Gasteiger partial charge is 0.294 e. The first-order valence-electron chi connectivity index (χ1n) is 8.08. The van der Waals surface area contributed by atoms with E-state index in [1.165, 1.54) is 47.7 Å². The fourth-order valence-corrected chi connectivity index (χ4v) is 3.10. The quantitative estimate of drug-likeness (QED) is 0.715. The number of hydrogen-bond acceptors (Lipinski definition) is 5. The Morgan fingerprint density at radius 3 is 2.56 bits per heavy atom. The van der Waals surface area contributed by atoms with Crippen molar-refractivity contribution in [2.24, 2.45) is 0 Å². The highest BCUT2D eigenvalue weighted by Crippen LogP contribution is 2.41. The zero-order valence-corrected chi connectivity index (χ0v) is 13.9. The summed E-state index contributed by atoms with van der Waals surface area (Å²) in [7, 11) is 0. The number of amides is 1. The van der Waals surface area contributed by atoms with Crippen molar-refractivity contribution in [1.29, 1.82) is 0 Å². The van der Waals surface area contributed by atoms with Crippen LogP contribution in [0.2, 0.25) is 0 Å². The lowest BCUT2D eigenvalue weighted by atomic mass is 9.96. The summed E-state index contributed by atoms with van der Waals surface area (Å²) >= 11 is 0. The summed E-state index contributed by atoms with van der Waals surface area (Å²) in [6.45, 7) is 0. The third kappa shape index (κ3) is 2.79. The van der Waals surface area contributed by atoms with Gasteiger partial charge in [-0.15, -0.1) is 0 Å². The molecule has 134 valence electrons. The molecule has 1 N–H and O–H groups in total. The molecule has 0 bridgehead atoms. The molecule has 0 radical (unpaired) electrons. The van der Waals surface area contributed by atoms with Crippen LogP contribution in [0.15, 0.2) is 82.9 Å². The first-order chi connectivity index (χ1) is 13.1. The SMILES string of the molecule is O=C(C1=C(O)C(=O)N(c2ccc(F)cc2)C1c1cccnc1)c1ccco1. The summed E-state index contributed by atoms with van der Waals surface area (Å²) in [5.41, 5.74) is 0.741. The number of rotatable bonds is 4. The van der Waals surface area contributed by atoms with E-state index >= 15 is 0 Å². The van der Waals surface area contributed by atoms with Crippen molar-refractivity contribution in [3.05, 3.63) is 95.7 Å². The molecule has 1 aromatic carbocycles. The van der Waals surface area contributed by atoms with Crippen LogP contribution < -0.4 is 4.90 Å². The second-order valence-electron chi connectivity index (χ2n) is 5.91. The summed E-state index contributed by atoms with van der Waals surface area (Å²) in [5.74, 6) is -2.50. The fraction of sp³-hybridized carbons (Fsp3) is 0.0500. The Morgan fingerprint density at radius 1 is 1.15 bits per heavy atom. The van der Waals surface area contributed by atoms with E-state index < -0.39 is 29.3 Å². The van der Waals surface area contributed by atoms with Crippen LogP contribution in [-0.2, 0) is 4.79 Å². The molecular weight excluding hydrogens is 351 g/mol. The van der Waals surface area contributed by atoms with Crippen LogP contribution in [0.4, 0.5) is 10.1 Å². The lowest BCUT2D eigenvalue weighted by molar-refractivity contribution is -0.117. The van der Waals surface area contributed by atoms with Crippen molar-refractivity contribution < 1.29 is 23.5 Å². The number of aliphatic hydroxyl groups is 1. The van der Waals surface area contributed by atoms with Gasteiger partial charge in [-0.25, -0.2) is 4.39 Å². The predicted molar refractivity (Wildman–Crippen MR) is 93.6 cm³/mol. The third-order valence-electron chi connectivity index (χ3n) is 4.30. The molecular formula is C20H13FN2O4. The average molecular weight is 364 g/mol. The van der Waals surface area contributed by atoms with Gasteiger partial charge < -0.3 is 9.52 Å². The second-order valence-corrected chi connectivity index (χ2v) is 5.91. The maximum Gasteiger partial charge on any atom is 0.294 e. The van der Waals surface area contributed by atoms with E-state index in [1.807, 2.05) is 0 Å². The molecule has 0 aliphatic carbocycles. The topological polar surface area (TPSA) is 83.6 Å². The van der Waals surface area contributed by atoms with E-state index in [2.05, 4.69) is 4.98 Å². The molecule has 1 aliphatic heterocycles. The van der Waals surface area contributed by atoms with Crippen LogP contribution in [0.1, 0.15) is 22.2 Å². The molecule has 1 atom stereocenters. The first-order valence-corrected chi connectivity index (χ1v) is 8.08. The van der Waals surface area contributed by atoms with Crippen molar-refractivity contribution in [3.63, 3.8) is 0 Å². The van der Waals surface area contributed by atoms with Crippen molar-refractivity contribution in [1.82, 2.24) is 4.98 Å². The fourth-order valence-electron chi connectivity index (χ4n) is 3.10. The number of anilines is 1. The van der Waals surface area contributed by atoms with Gasteiger partial charge in [0.25, 0.3) is 5.91 Å². The lowest BCUT2D eigenvalue weighted by Crippen LogP contribution is -2.31. The van der Waals surface area contributed by atoms with Crippen LogP contribution in [0.3, 0.4) is 0 Å². The van der Waals surface area contributed by atoms with Gasteiger partial charge in [0.05, 0.1) is 17.9 Å². The van der Waals surface area contributed by atoms with Crippen molar-refractivity contribution in [2.45, 2.75) is 6.04 Å². The number of aliphatic hydroxyl groups excluding tert-OH is 1. The van der Waals surface area contributed by atoms with E-state index in [-0.39, 0.29) is 11.3 Å². The molecule has 0 spiro atoms. The van der Waals surface area contributed by atoms with Gasteiger partial charge in [0.15, 0.2) is 11.5 Å². The molecule has 1 aliphatic rings. The molecule has 0 saturated carbocycles. The van der Waals surface area contributed by atoms with Crippen LogP contribution >= 0.6 is 0 Å². The van der Waals surface area contributed by atoms with Gasteiger partial charge in [0.2, 0.25) is 5.78 Å². The zero-order chi connectivity index (χ0) is 19.0. The monoisotopic (exact) mass is 364 g/mol. The Kier molecular flexibility index (Phi) is 4.04. The highest BCUT2D eigenvalue weighted by Gasteiger charge is 2.45. The largest absolute Gasteiger partial charge is 0.503 e. The summed E-state index contributed by atoms with van der Waals surface area (Å²) < 4.78 is 18.5. The molecule has 27 heavy (non-hydrogen) atoms. The number of Topliss-reactive ketones (excluding diaryl/α,β-unsaturated/α-hetero) is 1. The predicted octanol–water partition coefficient (Wildman–Crippen LogP) is 3.60. The van der Waals surface area contributed by atoms with Gasteiger partial charge in [0, 0.05) is 18.1 Å². The summed E-state index contributed by atoms with van der Waals surface area (Å²) in [4.78, 5) is 31.0. The zero-order valence-electron chi connectivity index (χ0n) is 13.9. The standard InChI is InChI=1S/C20H13FN2O4/c21-13-5-7-14(8-6-13)23-17(12-3-1-9-22-11-12)16(19(25)20(23)26)18(24)15-4-2-10-27-15/h1-11,17,25H. The molecule has 1 amide bonds. The highest BCUT2D eigenvalue weighted by molar-refractivity contribution is 6.20. The van der Waals surface area contributed by atoms with E-state index in [9.17, 15) is 19.1 Å². The number of nitrogens with zero attached hydrogens (tertiary/aromatic N) is 2. The molecule has 1 unspecified atom stereocenters. The second kappa shape index (κ2) is 6.53. The van der Waals surface area contributed by atoms with Gasteiger partial charge in [0.1, 0.15) is 5.82 Å². The van der Waals surface area contributed by atoms with Crippen LogP contribution in [-0.4, -0.2) is 21.8 Å². The number of benzene rings is 1. The minimum atomic E-state index is -0.922. The Bertz CT molecular complexity index is 1030. The minimum absolute atomic E-state index is 0.000744. The van der Waals surface area contributed by atoms with Crippen molar-refractivity contribution >= 4 is 17.4 Å². The maximum atomic E-state index is 13.3. The van der Waals surface area contributed by atoms with E-state index in [1.54, 1.807) is 24.4 Å². The molecule has 3 heterocycles. The number of ketones is 1. The Morgan fingerprint density at radius 2 is 1.93 bits per heavy atom. The number of carbonyl (C=O) groups is 2. The van der Waals surface area contributed by atoms with Crippen LogP contribution in [0, 0.1) is 5.82 Å². The number of halogens is 1. The van der Waals surface area contributed by atoms with Gasteiger partial charge in [-0.1, -0.05) is 6.07 Å². The van der Waals surface area contributed by atoms with Gasteiger partial charge in [-0.2, -0.15) is 0 Å². The Hall–Kier alpha value is -3.74. The minimum Gasteiger partial charge on any atom is -0.503 e. The number of carbonyl (C=O) groups excluding carboxylic acids is 2. The summed E-state index contributed by atoms with van der Waals surface area (Å²) in [6, 6.07) is 10.6. The number of pyridine rings is 1. The van der Waals surface area contributed by atoms with Gasteiger partial charge >= 0.3 is 0 Å². The highest BCUT2D eigenvalue weighted by atomic mass is 19.1. The number of aromatic nitrogens is 1. The van der Waals surface area contributed by atoms with E-state index in [0.29, 0.717) is 11.3 Å². The summed E-state index contributed by atoms with van der Waals surface area (Å²) in [5, 5.41) is 10.5. The molecule has 3 aromatic rings. The average Bonchev–Trinajstić information content (AvgIpc) is 3.31. The van der Waals surface area contributed by atoms with Crippen molar-refractivity contribution in [3.8, 4) is 0 Å². The lowest BCUT2D eigenvalue weighted by Gasteiger charge is -2.26. The Balaban J connectivity index is 1.87. The molecule has 2 aromatic heterocycles. The molecule has 4 rings (SSSR count). The van der Waals surface area contributed by atoms with E-state index in [4.69, 9.17) is 4.42 Å². The molecule has 0 fully saturated rings. The van der Waals surface area contributed by atoms with Crippen LogP contribution in [0.5, 0.6) is 0 Å². The van der Waals surface area contributed by atoms with E-state index in [0.717, 1.165) is 0 Å². The summed E-state index contributed by atoms with van der Waals surface area (Å²) in [6.07, 6.45) is 4.39. The van der Waals surface area contributed by atoms with Crippen molar-refractivity contribution in [2.75, 3.05) is 4.90 Å².